The Bertz CT molecular complexity index is 919. The highest BCUT2D eigenvalue weighted by atomic mass is 79.9. The van der Waals surface area contributed by atoms with E-state index in [0.29, 0.717) is 5.69 Å². The summed E-state index contributed by atoms with van der Waals surface area (Å²) in [6.07, 6.45) is 3.42. The van der Waals surface area contributed by atoms with Crippen LogP contribution in [0, 0.1) is 0 Å². The molecule has 0 aromatic carbocycles. The zero-order valence-electron chi connectivity index (χ0n) is 12.1. The summed E-state index contributed by atoms with van der Waals surface area (Å²) in [5, 5.41) is 4.35. The molecule has 0 aliphatic rings. The first-order chi connectivity index (χ1) is 11.0. The van der Waals surface area contributed by atoms with Crippen molar-refractivity contribution < 1.29 is 8.42 Å². The Morgan fingerprint density at radius 3 is 2.65 bits per heavy atom. The number of sulfonamides is 1. The lowest BCUT2D eigenvalue weighted by atomic mass is 10.2. The SMILES string of the molecule is Cn1nc(CNS(=O)(=O)c2ccc(Br)s2)cc1-c1ccncc1. The molecule has 3 aromatic rings. The van der Waals surface area contributed by atoms with Crippen molar-refractivity contribution in [3.8, 4) is 11.3 Å². The van der Waals surface area contributed by atoms with E-state index in [9.17, 15) is 8.42 Å². The third-order valence-electron chi connectivity index (χ3n) is 3.16. The largest absolute Gasteiger partial charge is 0.268 e. The van der Waals surface area contributed by atoms with E-state index in [2.05, 4.69) is 30.7 Å². The van der Waals surface area contributed by atoms with Crippen LogP contribution in [0.25, 0.3) is 11.3 Å². The second-order valence-electron chi connectivity index (χ2n) is 4.76. The van der Waals surface area contributed by atoms with E-state index >= 15 is 0 Å². The molecule has 3 heterocycles. The second kappa shape index (κ2) is 6.52. The van der Waals surface area contributed by atoms with Crippen LogP contribution in [0.15, 0.2) is 50.7 Å². The number of thiophene rings is 1. The van der Waals surface area contributed by atoms with Crippen molar-refractivity contribution in [3.63, 3.8) is 0 Å². The molecule has 120 valence electrons. The maximum Gasteiger partial charge on any atom is 0.250 e. The Morgan fingerprint density at radius 1 is 1.26 bits per heavy atom. The summed E-state index contributed by atoms with van der Waals surface area (Å²) in [6.45, 7) is 0.136. The van der Waals surface area contributed by atoms with Gasteiger partial charge in [0.15, 0.2) is 0 Å². The fourth-order valence-electron chi connectivity index (χ4n) is 2.09. The van der Waals surface area contributed by atoms with Crippen molar-refractivity contribution in [2.75, 3.05) is 0 Å². The number of hydrogen-bond donors (Lipinski definition) is 1. The van der Waals surface area contributed by atoms with Crippen molar-refractivity contribution in [1.82, 2.24) is 19.5 Å². The standard InChI is InChI=1S/C14H13BrN4O2S2/c1-19-12(10-4-6-16-7-5-10)8-11(18-19)9-17-23(20,21)14-3-2-13(15)22-14/h2-8,17H,9H2,1H3. The lowest BCUT2D eigenvalue weighted by Crippen LogP contribution is -2.22. The van der Waals surface area contributed by atoms with Crippen molar-refractivity contribution >= 4 is 37.3 Å². The van der Waals surface area contributed by atoms with Gasteiger partial charge in [0.05, 0.1) is 21.7 Å². The van der Waals surface area contributed by atoms with Crippen molar-refractivity contribution in [1.29, 1.82) is 0 Å². The fourth-order valence-corrected chi connectivity index (χ4v) is 5.14. The molecule has 0 aliphatic heterocycles. The predicted octanol–water partition coefficient (Wildman–Crippen LogP) is 2.78. The van der Waals surface area contributed by atoms with Gasteiger partial charge in [-0.1, -0.05) is 0 Å². The molecule has 23 heavy (non-hydrogen) atoms. The number of aromatic nitrogens is 3. The first-order valence-corrected chi connectivity index (χ1v) is 9.73. The molecule has 6 nitrogen and oxygen atoms in total. The summed E-state index contributed by atoms with van der Waals surface area (Å²) < 4.78 is 29.8. The summed E-state index contributed by atoms with van der Waals surface area (Å²) in [7, 11) is -1.70. The smallest absolute Gasteiger partial charge is 0.250 e. The van der Waals surface area contributed by atoms with Crippen molar-refractivity contribution in [3.05, 3.63) is 52.2 Å². The molecule has 0 atom stereocenters. The van der Waals surface area contributed by atoms with E-state index in [0.717, 1.165) is 15.0 Å². The highest BCUT2D eigenvalue weighted by Crippen LogP contribution is 2.26. The van der Waals surface area contributed by atoms with Crippen LogP contribution in [0.4, 0.5) is 0 Å². The maximum absolute atomic E-state index is 12.2. The number of pyridine rings is 1. The summed E-state index contributed by atoms with van der Waals surface area (Å²) in [5.41, 5.74) is 2.53. The fraction of sp³-hybridized carbons (Fsp3) is 0.143. The van der Waals surface area contributed by atoms with E-state index in [1.165, 1.54) is 11.3 Å². The number of nitrogens with one attached hydrogen (secondary N) is 1. The van der Waals surface area contributed by atoms with Crippen LogP contribution in [-0.4, -0.2) is 23.2 Å². The van der Waals surface area contributed by atoms with Gasteiger partial charge in [0.2, 0.25) is 10.0 Å². The molecule has 0 saturated carbocycles. The first kappa shape index (κ1) is 16.3. The van der Waals surface area contributed by atoms with Gasteiger partial charge in [0.1, 0.15) is 4.21 Å². The molecule has 3 rings (SSSR count). The van der Waals surface area contributed by atoms with Gasteiger partial charge in [0.25, 0.3) is 0 Å². The predicted molar refractivity (Wildman–Crippen MR) is 92.5 cm³/mol. The average molecular weight is 413 g/mol. The molecule has 0 bridgehead atoms. The summed E-state index contributed by atoms with van der Waals surface area (Å²) in [5.74, 6) is 0. The average Bonchev–Trinajstić information content (AvgIpc) is 3.13. The van der Waals surface area contributed by atoms with Gasteiger partial charge >= 0.3 is 0 Å². The molecule has 0 aliphatic carbocycles. The van der Waals surface area contributed by atoms with Crippen LogP contribution >= 0.6 is 27.3 Å². The maximum atomic E-state index is 12.2. The minimum absolute atomic E-state index is 0.136. The van der Waals surface area contributed by atoms with Gasteiger partial charge in [-0.3, -0.25) is 9.67 Å². The second-order valence-corrected chi connectivity index (χ2v) is 9.22. The number of hydrogen-bond acceptors (Lipinski definition) is 5. The minimum atomic E-state index is -3.53. The molecule has 0 fully saturated rings. The van der Waals surface area contributed by atoms with E-state index in [4.69, 9.17) is 0 Å². The van der Waals surface area contributed by atoms with E-state index in [-0.39, 0.29) is 10.8 Å². The topological polar surface area (TPSA) is 76.9 Å². The third-order valence-corrected chi connectivity index (χ3v) is 6.68. The quantitative estimate of drug-likeness (QED) is 0.698. The molecule has 0 unspecified atom stereocenters. The summed E-state index contributed by atoms with van der Waals surface area (Å²) in [4.78, 5) is 3.99. The van der Waals surface area contributed by atoms with Crippen LogP contribution in [0.1, 0.15) is 5.69 Å². The van der Waals surface area contributed by atoms with Gasteiger partial charge in [-0.05, 0) is 46.3 Å². The van der Waals surface area contributed by atoms with E-state index < -0.39 is 10.0 Å². The van der Waals surface area contributed by atoms with E-state index in [1.54, 1.807) is 29.2 Å². The Labute approximate surface area is 146 Å². The van der Waals surface area contributed by atoms with Crippen molar-refractivity contribution in [2.45, 2.75) is 10.8 Å². The number of nitrogens with zero attached hydrogens (tertiary/aromatic N) is 3. The monoisotopic (exact) mass is 412 g/mol. The zero-order chi connectivity index (χ0) is 16.4. The van der Waals surface area contributed by atoms with Gasteiger partial charge in [0, 0.05) is 25.0 Å². The minimum Gasteiger partial charge on any atom is -0.268 e. The molecule has 9 heteroatoms. The Morgan fingerprint density at radius 2 is 2.00 bits per heavy atom. The molecule has 0 amide bonds. The van der Waals surface area contributed by atoms with Gasteiger partial charge in [-0.15, -0.1) is 11.3 Å². The molecule has 1 N–H and O–H groups in total. The van der Waals surface area contributed by atoms with Gasteiger partial charge in [-0.2, -0.15) is 5.10 Å². The van der Waals surface area contributed by atoms with Gasteiger partial charge < -0.3 is 0 Å². The van der Waals surface area contributed by atoms with Crippen LogP contribution < -0.4 is 4.72 Å². The van der Waals surface area contributed by atoms with Crippen LogP contribution in [0.3, 0.4) is 0 Å². The normalized spacial score (nSPS) is 11.7. The van der Waals surface area contributed by atoms with Crippen LogP contribution in [0.5, 0.6) is 0 Å². The van der Waals surface area contributed by atoms with Gasteiger partial charge in [-0.25, -0.2) is 13.1 Å². The highest BCUT2D eigenvalue weighted by molar-refractivity contribution is 9.11. The van der Waals surface area contributed by atoms with E-state index in [1.807, 2.05) is 25.2 Å². The highest BCUT2D eigenvalue weighted by Gasteiger charge is 2.17. The van der Waals surface area contributed by atoms with Crippen molar-refractivity contribution in [2.24, 2.45) is 7.05 Å². The Kier molecular flexibility index (Phi) is 4.62. The molecule has 0 saturated heterocycles. The Balaban J connectivity index is 1.77. The van der Waals surface area contributed by atoms with Crippen LogP contribution in [-0.2, 0) is 23.6 Å². The number of rotatable bonds is 5. The lowest BCUT2D eigenvalue weighted by molar-refractivity contribution is 0.581. The molecule has 3 aromatic heterocycles. The molecular weight excluding hydrogens is 400 g/mol. The number of aryl methyl sites for hydroxylation is 1. The summed E-state index contributed by atoms with van der Waals surface area (Å²) in [6, 6.07) is 8.91. The lowest BCUT2D eigenvalue weighted by Gasteiger charge is -2.01. The van der Waals surface area contributed by atoms with Crippen LogP contribution in [0.2, 0.25) is 0 Å². The Hall–Kier alpha value is -1.55. The molecule has 0 radical (unpaired) electrons. The zero-order valence-corrected chi connectivity index (χ0v) is 15.3. The summed E-state index contributed by atoms with van der Waals surface area (Å²) >= 11 is 4.43. The number of halogens is 1. The first-order valence-electron chi connectivity index (χ1n) is 6.64. The molecular formula is C14H13BrN4O2S2. The molecule has 0 spiro atoms. The third kappa shape index (κ3) is 3.69.